The van der Waals surface area contributed by atoms with Gasteiger partial charge in [0.15, 0.2) is 0 Å². The van der Waals surface area contributed by atoms with Crippen LogP contribution in [0, 0.1) is 0 Å². The lowest BCUT2D eigenvalue weighted by Gasteiger charge is -2.11. The number of primary amides is 1. The fourth-order valence-electron chi connectivity index (χ4n) is 1.48. The summed E-state index contributed by atoms with van der Waals surface area (Å²) in [4.78, 5) is 14.8. The van der Waals surface area contributed by atoms with Gasteiger partial charge in [0, 0.05) is 23.6 Å². The third kappa shape index (κ3) is 2.34. The maximum Gasteiger partial charge on any atom is 0.416 e. The zero-order valence-corrected chi connectivity index (χ0v) is 8.98. The number of alkyl halides is 3. The molecule has 2 aromatic rings. The highest BCUT2D eigenvalue weighted by Crippen LogP contribution is 2.31. The van der Waals surface area contributed by atoms with Gasteiger partial charge in [0.1, 0.15) is 0 Å². The van der Waals surface area contributed by atoms with Crippen molar-refractivity contribution in [2.24, 2.45) is 5.73 Å². The second-order valence-electron chi connectivity index (χ2n) is 3.60. The van der Waals surface area contributed by atoms with Crippen LogP contribution >= 0.6 is 0 Å². The van der Waals surface area contributed by atoms with E-state index >= 15 is 0 Å². The Morgan fingerprint density at radius 3 is 2.50 bits per heavy atom. The molecule has 2 rings (SSSR count). The number of amides is 1. The minimum absolute atomic E-state index is 0.177. The molecule has 2 N–H and O–H groups in total. The number of halogens is 3. The van der Waals surface area contributed by atoms with Crippen LogP contribution in [-0.2, 0) is 6.18 Å². The number of benzene rings is 1. The number of nitrogens with two attached hydrogens (primary N) is 1. The van der Waals surface area contributed by atoms with Crippen molar-refractivity contribution in [2.45, 2.75) is 6.18 Å². The van der Waals surface area contributed by atoms with Crippen molar-refractivity contribution in [3.63, 3.8) is 0 Å². The molecule has 1 amide bonds. The molecule has 4 nitrogen and oxygen atoms in total. The first kappa shape index (κ1) is 12.2. The quantitative estimate of drug-likeness (QED) is 0.892. The average Bonchev–Trinajstić information content (AvgIpc) is 2.80. The SMILES string of the molecule is NC(=O)c1cc(-n2ccnc2)cc(C(F)(F)F)c1. The van der Waals surface area contributed by atoms with Crippen molar-refractivity contribution >= 4 is 5.91 Å². The zero-order valence-electron chi connectivity index (χ0n) is 8.98. The van der Waals surface area contributed by atoms with Crippen molar-refractivity contribution in [2.75, 3.05) is 0 Å². The molecular weight excluding hydrogens is 247 g/mol. The topological polar surface area (TPSA) is 60.9 Å². The van der Waals surface area contributed by atoms with Crippen LogP contribution in [-0.4, -0.2) is 15.5 Å². The van der Waals surface area contributed by atoms with Crippen LogP contribution in [0.25, 0.3) is 5.69 Å². The first-order valence-electron chi connectivity index (χ1n) is 4.88. The normalized spacial score (nSPS) is 11.5. The highest BCUT2D eigenvalue weighted by atomic mass is 19.4. The lowest BCUT2D eigenvalue weighted by atomic mass is 10.1. The molecule has 0 saturated carbocycles. The van der Waals surface area contributed by atoms with Crippen LogP contribution in [0.15, 0.2) is 36.9 Å². The van der Waals surface area contributed by atoms with E-state index in [0.29, 0.717) is 0 Å². The molecule has 0 radical (unpaired) electrons. The van der Waals surface area contributed by atoms with E-state index in [2.05, 4.69) is 4.98 Å². The number of hydrogen-bond donors (Lipinski definition) is 1. The number of carbonyl (C=O) groups excluding carboxylic acids is 1. The van der Waals surface area contributed by atoms with Crippen LogP contribution in [0.1, 0.15) is 15.9 Å². The Balaban J connectivity index is 2.61. The molecule has 0 aliphatic carbocycles. The van der Waals surface area contributed by atoms with Crippen molar-refractivity contribution in [1.82, 2.24) is 9.55 Å². The Bertz CT molecular complexity index is 576. The zero-order chi connectivity index (χ0) is 13.3. The lowest BCUT2D eigenvalue weighted by Crippen LogP contribution is -2.14. The highest BCUT2D eigenvalue weighted by Gasteiger charge is 2.31. The van der Waals surface area contributed by atoms with E-state index < -0.39 is 17.6 Å². The molecule has 0 spiro atoms. The van der Waals surface area contributed by atoms with E-state index in [-0.39, 0.29) is 11.3 Å². The Kier molecular flexibility index (Phi) is 2.82. The van der Waals surface area contributed by atoms with Crippen LogP contribution in [0.3, 0.4) is 0 Å². The Morgan fingerprint density at radius 2 is 2.00 bits per heavy atom. The molecule has 0 unspecified atom stereocenters. The second-order valence-corrected chi connectivity index (χ2v) is 3.60. The molecule has 0 fully saturated rings. The predicted molar refractivity (Wildman–Crippen MR) is 57.1 cm³/mol. The van der Waals surface area contributed by atoms with E-state index in [9.17, 15) is 18.0 Å². The molecule has 1 heterocycles. The maximum absolute atomic E-state index is 12.7. The van der Waals surface area contributed by atoms with E-state index in [0.717, 1.165) is 12.1 Å². The fourth-order valence-corrected chi connectivity index (χ4v) is 1.48. The molecule has 1 aromatic heterocycles. The van der Waals surface area contributed by atoms with Gasteiger partial charge in [-0.05, 0) is 18.2 Å². The van der Waals surface area contributed by atoms with Crippen LogP contribution < -0.4 is 5.73 Å². The van der Waals surface area contributed by atoms with Gasteiger partial charge in [-0.15, -0.1) is 0 Å². The van der Waals surface area contributed by atoms with Gasteiger partial charge in [-0.1, -0.05) is 0 Å². The Morgan fingerprint density at radius 1 is 1.28 bits per heavy atom. The molecule has 18 heavy (non-hydrogen) atoms. The summed E-state index contributed by atoms with van der Waals surface area (Å²) in [6.07, 6.45) is -0.314. The second kappa shape index (κ2) is 4.17. The Labute approximate surface area is 99.9 Å². The standard InChI is InChI=1S/C11H8F3N3O/c12-11(13,14)8-3-7(10(15)18)4-9(5-8)17-2-1-16-6-17/h1-6H,(H2,15,18). The number of nitrogens with zero attached hydrogens (tertiary/aromatic N) is 2. The third-order valence-electron chi connectivity index (χ3n) is 2.33. The van der Waals surface area contributed by atoms with Gasteiger partial charge in [0.05, 0.1) is 11.9 Å². The van der Waals surface area contributed by atoms with Gasteiger partial charge in [-0.3, -0.25) is 4.79 Å². The van der Waals surface area contributed by atoms with Gasteiger partial charge < -0.3 is 10.3 Å². The summed E-state index contributed by atoms with van der Waals surface area (Å²) in [7, 11) is 0. The monoisotopic (exact) mass is 255 g/mol. The minimum Gasteiger partial charge on any atom is -0.366 e. The fraction of sp³-hybridized carbons (Fsp3) is 0.0909. The summed E-state index contributed by atoms with van der Waals surface area (Å²) in [5, 5.41) is 0. The molecule has 0 aliphatic heterocycles. The predicted octanol–water partition coefficient (Wildman–Crippen LogP) is 1.99. The summed E-state index contributed by atoms with van der Waals surface area (Å²) < 4.78 is 39.4. The third-order valence-corrected chi connectivity index (χ3v) is 2.33. The average molecular weight is 255 g/mol. The summed E-state index contributed by atoms with van der Waals surface area (Å²) in [5.41, 5.74) is 4.07. The minimum atomic E-state index is -4.54. The number of aromatic nitrogens is 2. The van der Waals surface area contributed by atoms with Crippen LogP contribution in [0.2, 0.25) is 0 Å². The molecule has 0 saturated heterocycles. The van der Waals surface area contributed by atoms with Gasteiger partial charge in [0.2, 0.25) is 5.91 Å². The maximum atomic E-state index is 12.7. The molecule has 0 aliphatic rings. The summed E-state index contributed by atoms with van der Waals surface area (Å²) in [6, 6.07) is 2.93. The highest BCUT2D eigenvalue weighted by molar-refractivity contribution is 5.93. The van der Waals surface area contributed by atoms with Crippen molar-refractivity contribution in [3.8, 4) is 5.69 Å². The van der Waals surface area contributed by atoms with E-state index in [4.69, 9.17) is 5.73 Å². The van der Waals surface area contributed by atoms with Crippen molar-refractivity contribution < 1.29 is 18.0 Å². The Hall–Kier alpha value is -2.31. The molecule has 94 valence electrons. The smallest absolute Gasteiger partial charge is 0.366 e. The van der Waals surface area contributed by atoms with Crippen molar-refractivity contribution in [3.05, 3.63) is 48.0 Å². The number of rotatable bonds is 2. The van der Waals surface area contributed by atoms with Crippen molar-refractivity contribution in [1.29, 1.82) is 0 Å². The first-order valence-corrected chi connectivity index (χ1v) is 4.88. The molecule has 0 bridgehead atoms. The molecule has 0 atom stereocenters. The molecule has 1 aromatic carbocycles. The van der Waals surface area contributed by atoms with Gasteiger partial charge >= 0.3 is 6.18 Å². The van der Waals surface area contributed by atoms with E-state index in [1.807, 2.05) is 0 Å². The number of carbonyl (C=O) groups is 1. The first-order chi connectivity index (χ1) is 8.38. The largest absolute Gasteiger partial charge is 0.416 e. The molecular formula is C11H8F3N3O. The summed E-state index contributed by atoms with van der Waals surface area (Å²) >= 11 is 0. The van der Waals surface area contributed by atoms with E-state index in [1.165, 1.54) is 29.4 Å². The van der Waals surface area contributed by atoms with Gasteiger partial charge in [-0.25, -0.2) is 4.98 Å². The summed E-state index contributed by atoms with van der Waals surface area (Å²) in [6.45, 7) is 0. The van der Waals surface area contributed by atoms with Crippen LogP contribution in [0.5, 0.6) is 0 Å². The number of hydrogen-bond acceptors (Lipinski definition) is 2. The summed E-state index contributed by atoms with van der Waals surface area (Å²) in [5.74, 6) is -0.914. The lowest BCUT2D eigenvalue weighted by molar-refractivity contribution is -0.137. The van der Waals surface area contributed by atoms with Crippen LogP contribution in [0.4, 0.5) is 13.2 Å². The van der Waals surface area contributed by atoms with E-state index in [1.54, 1.807) is 0 Å². The molecule has 7 heteroatoms. The number of imidazole rings is 1. The van der Waals surface area contributed by atoms with Gasteiger partial charge in [-0.2, -0.15) is 13.2 Å². The van der Waals surface area contributed by atoms with Gasteiger partial charge in [0.25, 0.3) is 0 Å².